The number of imidazole rings is 1. The second-order valence-electron chi connectivity index (χ2n) is 10.9. The number of benzene rings is 1. The van der Waals surface area contributed by atoms with Crippen molar-refractivity contribution in [3.8, 4) is 5.95 Å². The zero-order valence-electron chi connectivity index (χ0n) is 22.2. The van der Waals surface area contributed by atoms with E-state index in [1.165, 1.54) is 4.57 Å². The Hall–Kier alpha value is -3.28. The van der Waals surface area contributed by atoms with Crippen LogP contribution in [-0.4, -0.2) is 79.5 Å². The van der Waals surface area contributed by atoms with Gasteiger partial charge < -0.3 is 14.7 Å². The number of morpholine rings is 1. The zero-order chi connectivity index (χ0) is 27.1. The Bertz CT molecular complexity index is 1470. The van der Waals surface area contributed by atoms with Crippen LogP contribution in [0.2, 0.25) is 0 Å². The normalized spacial score (nSPS) is 18.1. The smallest absolute Gasteiger partial charge is 0.296 e. The van der Waals surface area contributed by atoms with Crippen molar-refractivity contribution < 1.29 is 18.6 Å². The summed E-state index contributed by atoms with van der Waals surface area (Å²) in [6.45, 7) is 8.57. The fourth-order valence-electron chi connectivity index (χ4n) is 5.64. The first-order valence-electron chi connectivity index (χ1n) is 13.5. The molecule has 3 aromatic heterocycles. The Balaban J connectivity index is 1.39. The van der Waals surface area contributed by atoms with E-state index in [1.807, 2.05) is 26.0 Å². The number of para-hydroxylation sites is 2. The third-order valence-corrected chi connectivity index (χ3v) is 7.83. The SMILES string of the molecule is CC(C)(O)C1CCN(Cc2ccc3nc(-n4c(C(F)F)nc5ccccc54)nc(N4CCOCC4)c3n2)CC1. The predicted molar refractivity (Wildman–Crippen MR) is 144 cm³/mol. The standard InChI is InChI=1S/C28H33F2N7O2/c1-28(2,38)18-9-11-35(12-10-18)17-19-7-8-21-23(31-19)25(36-13-15-39-16-14-36)34-27(33-21)37-22-6-4-3-5-20(22)32-26(37)24(29)30/h3-8,18,24,38H,9-17H2,1-2H3. The summed E-state index contributed by atoms with van der Waals surface area (Å²) < 4.78 is 35.1. The highest BCUT2D eigenvalue weighted by atomic mass is 19.3. The number of aliphatic hydroxyl groups is 1. The van der Waals surface area contributed by atoms with Gasteiger partial charge in [0.1, 0.15) is 5.52 Å². The first kappa shape index (κ1) is 26.0. The molecule has 0 amide bonds. The number of likely N-dealkylation sites (tertiary alicyclic amines) is 1. The summed E-state index contributed by atoms with van der Waals surface area (Å²) in [6, 6.07) is 10.9. The molecule has 206 valence electrons. The number of hydrogen-bond donors (Lipinski definition) is 1. The molecule has 2 fully saturated rings. The molecule has 2 saturated heterocycles. The minimum Gasteiger partial charge on any atom is -0.390 e. The van der Waals surface area contributed by atoms with Gasteiger partial charge in [-0.1, -0.05) is 12.1 Å². The Morgan fingerprint density at radius 2 is 1.69 bits per heavy atom. The maximum atomic E-state index is 14.1. The van der Waals surface area contributed by atoms with Gasteiger partial charge in [-0.3, -0.25) is 9.47 Å². The van der Waals surface area contributed by atoms with Crippen molar-refractivity contribution in [1.29, 1.82) is 0 Å². The Kier molecular flexibility index (Phi) is 6.90. The second kappa shape index (κ2) is 10.4. The summed E-state index contributed by atoms with van der Waals surface area (Å²) in [4.78, 5) is 23.1. The van der Waals surface area contributed by atoms with Crippen LogP contribution in [0.4, 0.5) is 14.6 Å². The topological polar surface area (TPSA) is 92.4 Å². The predicted octanol–water partition coefficient (Wildman–Crippen LogP) is 4.12. The lowest BCUT2D eigenvalue weighted by Gasteiger charge is -2.37. The number of fused-ring (bicyclic) bond motifs is 2. The lowest BCUT2D eigenvalue weighted by molar-refractivity contribution is -0.0137. The van der Waals surface area contributed by atoms with Crippen LogP contribution in [0.15, 0.2) is 36.4 Å². The van der Waals surface area contributed by atoms with E-state index in [4.69, 9.17) is 19.7 Å². The van der Waals surface area contributed by atoms with E-state index >= 15 is 0 Å². The van der Waals surface area contributed by atoms with Crippen LogP contribution in [-0.2, 0) is 11.3 Å². The van der Waals surface area contributed by atoms with E-state index in [0.29, 0.717) is 60.7 Å². The van der Waals surface area contributed by atoms with Gasteiger partial charge in [0.15, 0.2) is 11.6 Å². The summed E-state index contributed by atoms with van der Waals surface area (Å²) in [5, 5.41) is 10.4. The van der Waals surface area contributed by atoms with E-state index < -0.39 is 12.0 Å². The molecule has 0 atom stereocenters. The molecule has 0 aliphatic carbocycles. The molecule has 0 spiro atoms. The number of piperidine rings is 1. The molecular formula is C28H33F2N7O2. The van der Waals surface area contributed by atoms with Crippen LogP contribution in [0.25, 0.3) is 28.0 Å². The van der Waals surface area contributed by atoms with Crippen molar-refractivity contribution in [2.75, 3.05) is 44.3 Å². The van der Waals surface area contributed by atoms with Gasteiger partial charge in [-0.2, -0.15) is 4.98 Å². The van der Waals surface area contributed by atoms with Crippen molar-refractivity contribution >= 4 is 27.9 Å². The van der Waals surface area contributed by atoms with Gasteiger partial charge in [0.2, 0.25) is 5.95 Å². The largest absolute Gasteiger partial charge is 0.390 e. The lowest BCUT2D eigenvalue weighted by atomic mass is 9.83. The van der Waals surface area contributed by atoms with E-state index in [9.17, 15) is 13.9 Å². The molecule has 9 nitrogen and oxygen atoms in total. The fourth-order valence-corrected chi connectivity index (χ4v) is 5.64. The van der Waals surface area contributed by atoms with Crippen LogP contribution in [0.5, 0.6) is 0 Å². The zero-order valence-corrected chi connectivity index (χ0v) is 22.2. The van der Waals surface area contributed by atoms with Gasteiger partial charge in [0.25, 0.3) is 6.43 Å². The Labute approximate surface area is 225 Å². The van der Waals surface area contributed by atoms with Crippen molar-refractivity contribution in [3.05, 3.63) is 47.9 Å². The molecule has 0 saturated carbocycles. The first-order chi connectivity index (χ1) is 18.8. The molecule has 6 rings (SSSR count). The van der Waals surface area contributed by atoms with Gasteiger partial charge >= 0.3 is 0 Å². The minimum atomic E-state index is -2.79. The lowest BCUT2D eigenvalue weighted by Crippen LogP contribution is -2.41. The van der Waals surface area contributed by atoms with Crippen LogP contribution in [0.1, 0.15) is 44.6 Å². The molecule has 1 aromatic carbocycles. The molecule has 11 heteroatoms. The number of halogens is 2. The van der Waals surface area contributed by atoms with Crippen molar-refractivity contribution in [2.24, 2.45) is 5.92 Å². The Morgan fingerprint density at radius 1 is 0.949 bits per heavy atom. The third kappa shape index (κ3) is 5.18. The van der Waals surface area contributed by atoms with Gasteiger partial charge in [-0.05, 0) is 70.0 Å². The molecule has 0 bridgehead atoms. The molecule has 2 aliphatic heterocycles. The number of anilines is 1. The maximum absolute atomic E-state index is 14.1. The van der Waals surface area contributed by atoms with Crippen molar-refractivity contribution in [3.63, 3.8) is 0 Å². The second-order valence-corrected chi connectivity index (χ2v) is 10.9. The van der Waals surface area contributed by atoms with Crippen LogP contribution < -0.4 is 4.90 Å². The highest BCUT2D eigenvalue weighted by molar-refractivity contribution is 5.87. The molecular weight excluding hydrogens is 504 g/mol. The summed E-state index contributed by atoms with van der Waals surface area (Å²) in [5.41, 5.74) is 2.46. The molecule has 1 N–H and O–H groups in total. The van der Waals surface area contributed by atoms with E-state index in [1.54, 1.807) is 24.3 Å². The average molecular weight is 538 g/mol. The van der Waals surface area contributed by atoms with Crippen molar-refractivity contribution in [2.45, 2.75) is 45.3 Å². The van der Waals surface area contributed by atoms with Gasteiger partial charge in [0.05, 0.1) is 41.1 Å². The summed E-state index contributed by atoms with van der Waals surface area (Å²) >= 11 is 0. The quantitative estimate of drug-likeness (QED) is 0.393. The van der Waals surface area contributed by atoms with Gasteiger partial charge in [-0.15, -0.1) is 0 Å². The fraction of sp³-hybridized carbons (Fsp3) is 0.500. The molecule has 0 unspecified atom stereocenters. The summed E-state index contributed by atoms with van der Waals surface area (Å²) in [5.74, 6) is 0.660. The third-order valence-electron chi connectivity index (χ3n) is 7.83. The van der Waals surface area contributed by atoms with E-state index in [-0.39, 0.29) is 17.7 Å². The highest BCUT2D eigenvalue weighted by Crippen LogP contribution is 2.31. The number of aromatic nitrogens is 5. The summed E-state index contributed by atoms with van der Waals surface area (Å²) in [6.07, 6.45) is -0.911. The summed E-state index contributed by atoms with van der Waals surface area (Å²) in [7, 11) is 0. The van der Waals surface area contributed by atoms with Crippen molar-refractivity contribution in [1.82, 2.24) is 29.4 Å². The Morgan fingerprint density at radius 3 is 2.41 bits per heavy atom. The van der Waals surface area contributed by atoms with Gasteiger partial charge in [-0.25, -0.2) is 23.7 Å². The average Bonchev–Trinajstić information content (AvgIpc) is 3.33. The first-order valence-corrected chi connectivity index (χ1v) is 13.5. The minimum absolute atomic E-state index is 0.149. The number of alkyl halides is 2. The van der Waals surface area contributed by atoms with E-state index in [2.05, 4.69) is 14.8 Å². The number of ether oxygens (including phenoxy) is 1. The van der Waals surface area contributed by atoms with Gasteiger partial charge in [0, 0.05) is 19.6 Å². The van der Waals surface area contributed by atoms with Crippen LogP contribution >= 0.6 is 0 Å². The molecule has 39 heavy (non-hydrogen) atoms. The van der Waals surface area contributed by atoms with Crippen LogP contribution in [0.3, 0.4) is 0 Å². The molecule has 5 heterocycles. The molecule has 2 aliphatic rings. The van der Waals surface area contributed by atoms with E-state index in [0.717, 1.165) is 31.6 Å². The molecule has 4 aromatic rings. The number of hydrogen-bond acceptors (Lipinski definition) is 8. The highest BCUT2D eigenvalue weighted by Gasteiger charge is 2.31. The maximum Gasteiger partial charge on any atom is 0.296 e. The van der Waals surface area contributed by atoms with Crippen LogP contribution in [0, 0.1) is 5.92 Å². The number of rotatable bonds is 6. The monoisotopic (exact) mass is 537 g/mol. The number of pyridine rings is 1. The molecule has 0 radical (unpaired) electrons. The number of nitrogens with zero attached hydrogens (tertiary/aromatic N) is 7.